The average molecular weight is 288 g/mol. The van der Waals surface area contributed by atoms with Crippen LogP contribution in [0.2, 0.25) is 0 Å². The second kappa shape index (κ2) is 5.56. The van der Waals surface area contributed by atoms with Gasteiger partial charge in [-0.15, -0.1) is 0 Å². The van der Waals surface area contributed by atoms with Crippen molar-refractivity contribution in [3.05, 3.63) is 35.9 Å². The van der Waals surface area contributed by atoms with Crippen LogP contribution in [0.15, 0.2) is 30.3 Å². The van der Waals surface area contributed by atoms with E-state index >= 15 is 0 Å². The molecule has 0 N–H and O–H groups in total. The first-order chi connectivity index (χ1) is 8.86. The number of hydrogen-bond acceptors (Lipinski definition) is 4. The fourth-order valence-electron chi connectivity index (χ4n) is 2.18. The predicted molar refractivity (Wildman–Crippen MR) is 68.6 cm³/mol. The topological polar surface area (TPSA) is 52.6 Å². The molecule has 1 aliphatic rings. The van der Waals surface area contributed by atoms with E-state index in [0.29, 0.717) is 13.2 Å². The molecule has 2 rings (SSSR count). The van der Waals surface area contributed by atoms with E-state index in [1.165, 1.54) is 0 Å². The van der Waals surface area contributed by atoms with Crippen LogP contribution in [0.5, 0.6) is 0 Å². The van der Waals surface area contributed by atoms with Crippen molar-refractivity contribution < 1.29 is 21.7 Å². The normalized spacial score (nSPS) is 26.9. The highest BCUT2D eigenvalue weighted by atomic mass is 32.2. The summed E-state index contributed by atoms with van der Waals surface area (Å²) >= 11 is 0. The summed E-state index contributed by atoms with van der Waals surface area (Å²) in [7, 11) is -3.75. The third kappa shape index (κ3) is 4.56. The van der Waals surface area contributed by atoms with Gasteiger partial charge < -0.3 is 4.74 Å². The van der Waals surface area contributed by atoms with E-state index in [1.807, 2.05) is 30.3 Å². The molecule has 1 aromatic carbocycles. The fraction of sp³-hybridized carbons (Fsp3) is 0.538. The second-order valence-electron chi connectivity index (χ2n) is 4.95. The maximum atomic E-state index is 13.7. The molecule has 19 heavy (non-hydrogen) atoms. The van der Waals surface area contributed by atoms with Crippen LogP contribution in [0, 0.1) is 5.92 Å². The summed E-state index contributed by atoms with van der Waals surface area (Å²) < 4.78 is 45.3. The van der Waals surface area contributed by atoms with Crippen LogP contribution >= 0.6 is 0 Å². The SMILES string of the molecule is CS(=O)(=O)OC1(F)CC(COCc2ccccc2)C1. The second-order valence-corrected chi connectivity index (χ2v) is 6.52. The minimum atomic E-state index is -3.75. The van der Waals surface area contributed by atoms with Gasteiger partial charge in [-0.25, -0.2) is 8.57 Å². The van der Waals surface area contributed by atoms with Gasteiger partial charge in [0.15, 0.2) is 0 Å². The van der Waals surface area contributed by atoms with Crippen LogP contribution in [-0.4, -0.2) is 27.1 Å². The van der Waals surface area contributed by atoms with Crippen LogP contribution in [0.25, 0.3) is 0 Å². The molecule has 0 amide bonds. The van der Waals surface area contributed by atoms with Gasteiger partial charge >= 0.3 is 0 Å². The molecule has 6 heteroatoms. The Hall–Kier alpha value is -0.980. The van der Waals surface area contributed by atoms with Gasteiger partial charge in [0.1, 0.15) is 0 Å². The summed E-state index contributed by atoms with van der Waals surface area (Å²) in [5, 5.41) is 0. The van der Waals surface area contributed by atoms with Crippen molar-refractivity contribution in [1.82, 2.24) is 0 Å². The molecule has 0 atom stereocenters. The van der Waals surface area contributed by atoms with E-state index in [1.54, 1.807) is 0 Å². The first kappa shape index (κ1) is 14.4. The Balaban J connectivity index is 1.68. The van der Waals surface area contributed by atoms with Crippen molar-refractivity contribution in [2.24, 2.45) is 5.92 Å². The van der Waals surface area contributed by atoms with Gasteiger partial charge in [0.2, 0.25) is 5.85 Å². The lowest BCUT2D eigenvalue weighted by atomic mass is 9.81. The minimum absolute atomic E-state index is 0.00969. The van der Waals surface area contributed by atoms with E-state index in [0.717, 1.165) is 11.8 Å². The molecule has 0 unspecified atom stereocenters. The third-order valence-electron chi connectivity index (χ3n) is 2.95. The highest BCUT2D eigenvalue weighted by Crippen LogP contribution is 2.43. The molecule has 1 saturated carbocycles. The summed E-state index contributed by atoms with van der Waals surface area (Å²) in [5.74, 6) is -2.02. The number of rotatable bonds is 6. The van der Waals surface area contributed by atoms with E-state index in [9.17, 15) is 12.8 Å². The first-order valence-electron chi connectivity index (χ1n) is 6.07. The van der Waals surface area contributed by atoms with Crippen molar-refractivity contribution in [3.8, 4) is 0 Å². The highest BCUT2D eigenvalue weighted by Gasteiger charge is 2.48. The van der Waals surface area contributed by atoms with Gasteiger partial charge in [0, 0.05) is 12.8 Å². The Bertz CT molecular complexity index is 509. The van der Waals surface area contributed by atoms with Crippen molar-refractivity contribution in [2.45, 2.75) is 25.3 Å². The number of halogens is 1. The number of alkyl halides is 1. The molecule has 1 aliphatic carbocycles. The lowest BCUT2D eigenvalue weighted by Crippen LogP contribution is -2.45. The molecule has 4 nitrogen and oxygen atoms in total. The van der Waals surface area contributed by atoms with Gasteiger partial charge in [0.25, 0.3) is 10.1 Å². The maximum Gasteiger partial charge on any atom is 0.267 e. The largest absolute Gasteiger partial charge is 0.376 e. The summed E-state index contributed by atoms with van der Waals surface area (Å²) in [6.45, 7) is 0.886. The zero-order valence-corrected chi connectivity index (χ0v) is 11.5. The van der Waals surface area contributed by atoms with Gasteiger partial charge in [0.05, 0.1) is 19.5 Å². The van der Waals surface area contributed by atoms with Gasteiger partial charge in [-0.2, -0.15) is 8.42 Å². The molecule has 0 aromatic heterocycles. The van der Waals surface area contributed by atoms with Crippen LogP contribution in [0.4, 0.5) is 4.39 Å². The molecular formula is C13H17FO4S. The summed E-state index contributed by atoms with van der Waals surface area (Å²) in [6, 6.07) is 9.68. The fourth-order valence-corrected chi connectivity index (χ4v) is 2.86. The average Bonchev–Trinajstić information content (AvgIpc) is 2.26. The zero-order valence-electron chi connectivity index (χ0n) is 10.7. The van der Waals surface area contributed by atoms with Gasteiger partial charge in [-0.05, 0) is 11.5 Å². The van der Waals surface area contributed by atoms with Crippen molar-refractivity contribution in [2.75, 3.05) is 12.9 Å². The lowest BCUT2D eigenvalue weighted by Gasteiger charge is -2.39. The van der Waals surface area contributed by atoms with Crippen molar-refractivity contribution in [3.63, 3.8) is 0 Å². The van der Waals surface area contributed by atoms with Crippen LogP contribution in [-0.2, 0) is 25.6 Å². The number of hydrogen-bond donors (Lipinski definition) is 0. The van der Waals surface area contributed by atoms with E-state index in [4.69, 9.17) is 4.74 Å². The highest BCUT2D eigenvalue weighted by molar-refractivity contribution is 7.86. The standard InChI is InChI=1S/C13H17FO4S/c1-19(15,16)18-13(14)7-12(8-13)10-17-9-11-5-3-2-4-6-11/h2-6,12H,7-10H2,1H3. The number of ether oxygens (including phenoxy) is 1. The Morgan fingerprint density at radius 3 is 2.53 bits per heavy atom. The summed E-state index contributed by atoms with van der Waals surface area (Å²) in [4.78, 5) is 0. The molecule has 0 spiro atoms. The first-order valence-corrected chi connectivity index (χ1v) is 7.89. The number of benzene rings is 1. The van der Waals surface area contributed by atoms with Crippen LogP contribution in [0.3, 0.4) is 0 Å². The van der Waals surface area contributed by atoms with E-state index < -0.39 is 16.0 Å². The molecule has 0 radical (unpaired) electrons. The van der Waals surface area contributed by atoms with Crippen LogP contribution in [0.1, 0.15) is 18.4 Å². The molecule has 106 valence electrons. The Labute approximate surface area is 112 Å². The Morgan fingerprint density at radius 2 is 1.95 bits per heavy atom. The third-order valence-corrected chi connectivity index (χ3v) is 3.55. The van der Waals surface area contributed by atoms with Gasteiger partial charge in [-0.3, -0.25) is 0 Å². The molecular weight excluding hydrogens is 271 g/mol. The van der Waals surface area contributed by atoms with E-state index in [-0.39, 0.29) is 18.8 Å². The Kier molecular flexibility index (Phi) is 4.23. The minimum Gasteiger partial charge on any atom is -0.376 e. The van der Waals surface area contributed by atoms with Crippen molar-refractivity contribution >= 4 is 10.1 Å². The summed E-state index contributed by atoms with van der Waals surface area (Å²) in [6.07, 6.45) is 0.983. The van der Waals surface area contributed by atoms with Crippen LogP contribution < -0.4 is 0 Å². The lowest BCUT2D eigenvalue weighted by molar-refractivity contribution is -0.164. The molecule has 0 aliphatic heterocycles. The zero-order chi connectivity index (χ0) is 13.9. The van der Waals surface area contributed by atoms with Crippen molar-refractivity contribution in [1.29, 1.82) is 0 Å². The smallest absolute Gasteiger partial charge is 0.267 e. The molecule has 1 fully saturated rings. The molecule has 0 heterocycles. The van der Waals surface area contributed by atoms with E-state index in [2.05, 4.69) is 4.18 Å². The monoisotopic (exact) mass is 288 g/mol. The van der Waals surface area contributed by atoms with Gasteiger partial charge in [-0.1, -0.05) is 30.3 Å². The quantitative estimate of drug-likeness (QED) is 0.753. The molecule has 0 bridgehead atoms. The predicted octanol–water partition coefficient (Wildman–Crippen LogP) is 2.26. The summed E-state index contributed by atoms with van der Waals surface area (Å²) in [5.41, 5.74) is 1.06. The maximum absolute atomic E-state index is 13.7. The molecule has 1 aromatic rings. The Morgan fingerprint density at radius 1 is 1.32 bits per heavy atom. The molecule has 0 saturated heterocycles.